The fourth-order valence-corrected chi connectivity index (χ4v) is 1.91. The van der Waals surface area contributed by atoms with Crippen molar-refractivity contribution in [2.75, 3.05) is 11.4 Å². The molecule has 1 unspecified atom stereocenters. The maximum Gasteiger partial charge on any atom is 0.240 e. The first-order valence-electron chi connectivity index (χ1n) is 4.33. The number of halogens is 2. The summed E-state index contributed by atoms with van der Waals surface area (Å²) in [5.74, 6) is -0.695. The van der Waals surface area contributed by atoms with Crippen LogP contribution in [0.1, 0.15) is 6.42 Å². The van der Waals surface area contributed by atoms with E-state index in [0.717, 1.165) is 6.33 Å². The minimum absolute atomic E-state index is 0.163. The maximum atomic E-state index is 13.1. The van der Waals surface area contributed by atoms with Crippen molar-refractivity contribution < 1.29 is 9.18 Å². The molecule has 80 valence electrons. The highest BCUT2D eigenvalue weighted by Gasteiger charge is 2.35. The van der Waals surface area contributed by atoms with E-state index in [1.807, 2.05) is 0 Å². The Morgan fingerprint density at radius 1 is 1.67 bits per heavy atom. The highest BCUT2D eigenvalue weighted by molar-refractivity contribution is 9.10. The van der Waals surface area contributed by atoms with Crippen LogP contribution in [0.3, 0.4) is 0 Å². The van der Waals surface area contributed by atoms with Gasteiger partial charge in [0.2, 0.25) is 11.9 Å². The number of hydrogen-bond acceptors (Lipinski definition) is 4. The Morgan fingerprint density at radius 2 is 2.40 bits per heavy atom. The molecular formula is C8H8BrFN4O. The largest absolute Gasteiger partial charge is 0.368 e. The van der Waals surface area contributed by atoms with Gasteiger partial charge < -0.3 is 10.6 Å². The molecule has 1 aromatic rings. The van der Waals surface area contributed by atoms with Gasteiger partial charge in [-0.05, 0) is 22.4 Å². The zero-order chi connectivity index (χ0) is 11.0. The van der Waals surface area contributed by atoms with Crippen LogP contribution in [-0.4, -0.2) is 28.5 Å². The molecule has 0 aliphatic carbocycles. The van der Waals surface area contributed by atoms with Crippen LogP contribution >= 0.6 is 15.9 Å². The van der Waals surface area contributed by atoms with Crippen molar-refractivity contribution in [3.05, 3.63) is 16.7 Å². The summed E-state index contributed by atoms with van der Waals surface area (Å²) in [5.41, 5.74) is 5.18. The molecule has 0 spiro atoms. The maximum absolute atomic E-state index is 13.1. The number of amides is 1. The molecule has 2 heterocycles. The van der Waals surface area contributed by atoms with Crippen LogP contribution in [0, 0.1) is 5.95 Å². The normalized spacial score (nSPS) is 19.9. The van der Waals surface area contributed by atoms with Crippen molar-refractivity contribution in [2.24, 2.45) is 5.73 Å². The van der Waals surface area contributed by atoms with E-state index in [9.17, 15) is 9.18 Å². The van der Waals surface area contributed by atoms with E-state index in [2.05, 4.69) is 25.9 Å². The molecule has 5 nitrogen and oxygen atoms in total. The predicted octanol–water partition coefficient (Wildman–Crippen LogP) is 0.442. The monoisotopic (exact) mass is 274 g/mol. The molecule has 0 saturated carbocycles. The van der Waals surface area contributed by atoms with Gasteiger partial charge in [-0.3, -0.25) is 4.79 Å². The molecule has 1 fully saturated rings. The van der Waals surface area contributed by atoms with Crippen molar-refractivity contribution >= 4 is 27.7 Å². The molecule has 1 atom stereocenters. The van der Waals surface area contributed by atoms with Crippen molar-refractivity contribution in [1.29, 1.82) is 0 Å². The second-order valence-electron chi connectivity index (χ2n) is 3.20. The van der Waals surface area contributed by atoms with Gasteiger partial charge in [0.05, 0.1) is 0 Å². The summed E-state index contributed by atoms with van der Waals surface area (Å²) in [6.07, 6.45) is 1.79. The van der Waals surface area contributed by atoms with Gasteiger partial charge in [0.25, 0.3) is 0 Å². The number of carbonyl (C=O) groups excluding carboxylic acids is 1. The second kappa shape index (κ2) is 3.73. The minimum atomic E-state index is -0.643. The molecule has 2 N–H and O–H groups in total. The summed E-state index contributed by atoms with van der Waals surface area (Å²) >= 11 is 3.04. The predicted molar refractivity (Wildman–Crippen MR) is 54.6 cm³/mol. The van der Waals surface area contributed by atoms with E-state index in [-0.39, 0.29) is 4.47 Å². The fraction of sp³-hybridized carbons (Fsp3) is 0.375. The van der Waals surface area contributed by atoms with Gasteiger partial charge in [-0.15, -0.1) is 0 Å². The Balaban J connectivity index is 2.31. The van der Waals surface area contributed by atoms with Gasteiger partial charge in [0, 0.05) is 6.54 Å². The second-order valence-corrected chi connectivity index (χ2v) is 4.00. The van der Waals surface area contributed by atoms with Crippen molar-refractivity contribution in [3.8, 4) is 0 Å². The highest BCUT2D eigenvalue weighted by atomic mass is 79.9. The molecule has 1 saturated heterocycles. The van der Waals surface area contributed by atoms with Gasteiger partial charge >= 0.3 is 0 Å². The Morgan fingerprint density at radius 3 is 2.93 bits per heavy atom. The van der Waals surface area contributed by atoms with E-state index in [1.54, 1.807) is 4.90 Å². The molecule has 2 rings (SSSR count). The lowest BCUT2D eigenvalue weighted by Gasteiger charge is -2.39. The molecule has 1 aromatic heterocycles. The summed E-state index contributed by atoms with van der Waals surface area (Å²) < 4.78 is 13.3. The number of aromatic nitrogens is 2. The number of nitrogens with two attached hydrogens (primary N) is 1. The van der Waals surface area contributed by atoms with Crippen LogP contribution in [0.15, 0.2) is 10.8 Å². The molecule has 1 aliphatic heterocycles. The van der Waals surface area contributed by atoms with Crippen molar-refractivity contribution in [1.82, 2.24) is 9.97 Å². The summed E-state index contributed by atoms with van der Waals surface area (Å²) in [7, 11) is 0. The lowest BCUT2D eigenvalue weighted by atomic mass is 10.0. The van der Waals surface area contributed by atoms with Crippen LogP contribution in [-0.2, 0) is 4.79 Å². The Bertz CT molecular complexity index is 414. The van der Waals surface area contributed by atoms with Gasteiger partial charge in [-0.25, -0.2) is 9.97 Å². The molecule has 0 radical (unpaired) electrons. The summed E-state index contributed by atoms with van der Waals surface area (Å²) in [6, 6.07) is -0.393. The first kappa shape index (κ1) is 10.3. The highest BCUT2D eigenvalue weighted by Crippen LogP contribution is 2.31. The molecule has 15 heavy (non-hydrogen) atoms. The third-order valence-corrected chi connectivity index (χ3v) is 3.03. The van der Waals surface area contributed by atoms with Crippen molar-refractivity contribution in [2.45, 2.75) is 12.5 Å². The van der Waals surface area contributed by atoms with Gasteiger partial charge in [0.15, 0.2) is 0 Å². The molecule has 1 aliphatic rings. The zero-order valence-electron chi connectivity index (χ0n) is 7.65. The quantitative estimate of drug-likeness (QED) is 0.795. The first-order valence-corrected chi connectivity index (χ1v) is 5.12. The number of rotatable bonds is 2. The van der Waals surface area contributed by atoms with Crippen LogP contribution in [0.2, 0.25) is 0 Å². The number of nitrogens with zero attached hydrogens (tertiary/aromatic N) is 3. The fourth-order valence-electron chi connectivity index (χ4n) is 1.48. The SMILES string of the molecule is NC(=O)C1CCN1c1ncnc(F)c1Br. The minimum Gasteiger partial charge on any atom is -0.368 e. The molecule has 1 amide bonds. The van der Waals surface area contributed by atoms with Crippen LogP contribution in [0.4, 0.5) is 10.2 Å². The molecule has 7 heteroatoms. The number of carbonyl (C=O) groups is 1. The third kappa shape index (κ3) is 1.67. The summed E-state index contributed by atoms with van der Waals surface area (Å²) in [4.78, 5) is 19.9. The molecular weight excluding hydrogens is 267 g/mol. The number of anilines is 1. The van der Waals surface area contributed by atoms with Crippen LogP contribution in [0.5, 0.6) is 0 Å². The zero-order valence-corrected chi connectivity index (χ0v) is 9.24. The Labute approximate surface area is 93.6 Å². The van der Waals surface area contributed by atoms with Crippen LogP contribution < -0.4 is 10.6 Å². The number of hydrogen-bond donors (Lipinski definition) is 1. The van der Waals surface area contributed by atoms with E-state index in [0.29, 0.717) is 18.8 Å². The van der Waals surface area contributed by atoms with Gasteiger partial charge in [0.1, 0.15) is 22.7 Å². The average molecular weight is 275 g/mol. The molecule has 0 aromatic carbocycles. The van der Waals surface area contributed by atoms with Gasteiger partial charge in [-0.1, -0.05) is 0 Å². The smallest absolute Gasteiger partial charge is 0.240 e. The van der Waals surface area contributed by atoms with Crippen molar-refractivity contribution in [3.63, 3.8) is 0 Å². The van der Waals surface area contributed by atoms with Gasteiger partial charge in [-0.2, -0.15) is 4.39 Å². The Hall–Kier alpha value is -1.24. The Kier molecular flexibility index (Phi) is 2.56. The van der Waals surface area contributed by atoms with Crippen LogP contribution in [0.25, 0.3) is 0 Å². The summed E-state index contributed by atoms with van der Waals surface area (Å²) in [5, 5.41) is 0. The average Bonchev–Trinajstić information content (AvgIpc) is 2.10. The lowest BCUT2D eigenvalue weighted by Crippen LogP contribution is -2.55. The van der Waals surface area contributed by atoms with E-state index in [1.165, 1.54) is 0 Å². The van der Waals surface area contributed by atoms with E-state index in [4.69, 9.17) is 5.73 Å². The standard InChI is InChI=1S/C8H8BrFN4O/c9-5-6(10)12-3-13-8(5)14-2-1-4(14)7(11)15/h3-4H,1-2H2,(H2,11,15). The van der Waals surface area contributed by atoms with E-state index < -0.39 is 17.9 Å². The summed E-state index contributed by atoms with van der Waals surface area (Å²) in [6.45, 7) is 0.642. The number of primary amides is 1. The first-order chi connectivity index (χ1) is 7.11. The van der Waals surface area contributed by atoms with E-state index >= 15 is 0 Å². The topological polar surface area (TPSA) is 72.1 Å². The molecule has 0 bridgehead atoms. The lowest BCUT2D eigenvalue weighted by molar-refractivity contribution is -0.120. The third-order valence-electron chi connectivity index (χ3n) is 2.35.